The van der Waals surface area contributed by atoms with Crippen LogP contribution in [0.15, 0.2) is 59.7 Å². The van der Waals surface area contributed by atoms with E-state index in [-0.39, 0.29) is 23.8 Å². The smallest absolute Gasteiger partial charge is 0.256 e. The number of hydrazone groups is 1. The summed E-state index contributed by atoms with van der Waals surface area (Å²) in [5.41, 5.74) is 2.60. The zero-order chi connectivity index (χ0) is 19.4. The number of carbonyl (C=O) groups excluding carboxylic acids is 1. The molecule has 0 unspecified atom stereocenters. The lowest BCUT2D eigenvalue weighted by molar-refractivity contribution is -0.130. The molecule has 2 heterocycles. The summed E-state index contributed by atoms with van der Waals surface area (Å²) in [7, 11) is 0. The molecule has 0 radical (unpaired) electrons. The van der Waals surface area contributed by atoms with Gasteiger partial charge in [0.1, 0.15) is 5.82 Å². The zero-order valence-electron chi connectivity index (χ0n) is 15.7. The minimum absolute atomic E-state index is 0.0566. The highest BCUT2D eigenvalue weighted by atomic mass is 19.1. The molecule has 2 aromatic carbocycles. The van der Waals surface area contributed by atoms with Crippen molar-refractivity contribution in [2.24, 2.45) is 5.10 Å². The van der Waals surface area contributed by atoms with Crippen LogP contribution in [0.25, 0.3) is 0 Å². The molecule has 146 valence electrons. The molecule has 0 atom stereocenters. The Morgan fingerprint density at radius 1 is 1.11 bits per heavy atom. The van der Waals surface area contributed by atoms with Crippen LogP contribution in [0.2, 0.25) is 0 Å². The molecule has 1 fully saturated rings. The molecule has 0 aliphatic carbocycles. The Labute approximate surface area is 164 Å². The van der Waals surface area contributed by atoms with Gasteiger partial charge in [-0.3, -0.25) is 10.1 Å². The van der Waals surface area contributed by atoms with Crippen molar-refractivity contribution in [1.29, 1.82) is 0 Å². The van der Waals surface area contributed by atoms with Gasteiger partial charge in [0.15, 0.2) is 0 Å². The molecule has 0 aromatic heterocycles. The molecule has 2 aromatic rings. The van der Waals surface area contributed by atoms with E-state index in [4.69, 9.17) is 4.74 Å². The first kappa shape index (κ1) is 18.8. The molecule has 2 aliphatic rings. The third kappa shape index (κ3) is 3.98. The number of nitrogens with one attached hydrogen (secondary N) is 1. The van der Waals surface area contributed by atoms with E-state index in [0.29, 0.717) is 19.8 Å². The van der Waals surface area contributed by atoms with Gasteiger partial charge in [-0.25, -0.2) is 9.40 Å². The van der Waals surface area contributed by atoms with E-state index in [0.717, 1.165) is 36.1 Å². The van der Waals surface area contributed by atoms with Gasteiger partial charge in [-0.15, -0.1) is 0 Å². The van der Waals surface area contributed by atoms with Gasteiger partial charge >= 0.3 is 0 Å². The first-order valence-corrected chi connectivity index (χ1v) is 9.68. The van der Waals surface area contributed by atoms with Gasteiger partial charge < -0.3 is 4.74 Å². The molecule has 1 amide bonds. The fraction of sp³-hybridized carbons (Fsp3) is 0.364. The molecule has 6 heteroatoms. The minimum Gasteiger partial charge on any atom is -0.381 e. The van der Waals surface area contributed by atoms with Crippen LogP contribution in [0.1, 0.15) is 30.4 Å². The van der Waals surface area contributed by atoms with Gasteiger partial charge in [-0.2, -0.15) is 5.10 Å². The van der Waals surface area contributed by atoms with Gasteiger partial charge in [0.2, 0.25) is 0 Å². The monoisotopic (exact) mass is 381 g/mol. The van der Waals surface area contributed by atoms with E-state index >= 15 is 0 Å². The standard InChI is InChI=1S/C22H24FN3O2/c23-19-8-6-18(7-9-19)22(11-14-28-15-12-22)24-16-21(27)26-13-10-20(25-26)17-4-2-1-3-5-17/h1-9,24H,10-16H2. The Hall–Kier alpha value is -2.57. The summed E-state index contributed by atoms with van der Waals surface area (Å²) in [5, 5.41) is 9.50. The van der Waals surface area contributed by atoms with E-state index in [1.807, 2.05) is 30.3 Å². The maximum absolute atomic E-state index is 13.4. The highest BCUT2D eigenvalue weighted by molar-refractivity contribution is 6.02. The summed E-state index contributed by atoms with van der Waals surface area (Å²) in [6, 6.07) is 16.4. The molecule has 2 aliphatic heterocycles. The molecule has 4 rings (SSSR count). The van der Waals surface area contributed by atoms with Crippen molar-refractivity contribution in [2.75, 3.05) is 26.3 Å². The highest BCUT2D eigenvalue weighted by Gasteiger charge is 2.35. The van der Waals surface area contributed by atoms with Crippen molar-refractivity contribution in [3.8, 4) is 0 Å². The van der Waals surface area contributed by atoms with Crippen LogP contribution < -0.4 is 5.32 Å². The first-order chi connectivity index (χ1) is 13.7. The summed E-state index contributed by atoms with van der Waals surface area (Å²) < 4.78 is 18.9. The highest BCUT2D eigenvalue weighted by Crippen LogP contribution is 2.32. The lowest BCUT2D eigenvalue weighted by Crippen LogP contribution is -2.50. The van der Waals surface area contributed by atoms with Crippen molar-refractivity contribution in [3.05, 3.63) is 71.5 Å². The largest absolute Gasteiger partial charge is 0.381 e. The van der Waals surface area contributed by atoms with Gasteiger partial charge in [0.25, 0.3) is 5.91 Å². The topological polar surface area (TPSA) is 53.9 Å². The lowest BCUT2D eigenvalue weighted by atomic mass is 9.82. The Bertz CT molecular complexity index is 846. The van der Waals surface area contributed by atoms with Crippen molar-refractivity contribution >= 4 is 11.6 Å². The summed E-state index contributed by atoms with van der Waals surface area (Å²) in [4.78, 5) is 12.8. The predicted octanol–water partition coefficient (Wildman–Crippen LogP) is 3.06. The maximum Gasteiger partial charge on any atom is 0.256 e. The van der Waals surface area contributed by atoms with Crippen LogP contribution >= 0.6 is 0 Å². The van der Waals surface area contributed by atoms with Crippen LogP contribution in [0.4, 0.5) is 4.39 Å². The Kier molecular flexibility index (Phi) is 5.50. The van der Waals surface area contributed by atoms with Crippen LogP contribution in [0, 0.1) is 5.82 Å². The van der Waals surface area contributed by atoms with Gasteiger partial charge in [0, 0.05) is 25.2 Å². The molecular weight excluding hydrogens is 357 g/mol. The number of nitrogens with zero attached hydrogens (tertiary/aromatic N) is 2. The third-order valence-electron chi connectivity index (χ3n) is 5.52. The second-order valence-electron chi connectivity index (χ2n) is 7.23. The number of ether oxygens (including phenoxy) is 1. The predicted molar refractivity (Wildman–Crippen MR) is 105 cm³/mol. The molecule has 0 bridgehead atoms. The second-order valence-corrected chi connectivity index (χ2v) is 7.23. The van der Waals surface area contributed by atoms with E-state index < -0.39 is 0 Å². The fourth-order valence-electron chi connectivity index (χ4n) is 3.86. The molecule has 1 N–H and O–H groups in total. The summed E-state index contributed by atoms with van der Waals surface area (Å²) in [6.45, 7) is 2.00. The Morgan fingerprint density at radius 2 is 1.82 bits per heavy atom. The zero-order valence-corrected chi connectivity index (χ0v) is 15.7. The second kappa shape index (κ2) is 8.20. The van der Waals surface area contributed by atoms with E-state index in [1.54, 1.807) is 17.1 Å². The van der Waals surface area contributed by atoms with Crippen LogP contribution in [0.3, 0.4) is 0 Å². The molecule has 0 saturated carbocycles. The Morgan fingerprint density at radius 3 is 2.54 bits per heavy atom. The number of carbonyl (C=O) groups is 1. The molecule has 1 saturated heterocycles. The quantitative estimate of drug-likeness (QED) is 0.866. The average molecular weight is 381 g/mol. The summed E-state index contributed by atoms with van der Waals surface area (Å²) >= 11 is 0. The normalized spacial score (nSPS) is 18.8. The minimum atomic E-state index is -0.382. The molecule has 0 spiro atoms. The fourth-order valence-corrected chi connectivity index (χ4v) is 3.86. The Balaban J connectivity index is 1.45. The average Bonchev–Trinajstić information content (AvgIpc) is 3.24. The van der Waals surface area contributed by atoms with Crippen molar-refractivity contribution in [3.63, 3.8) is 0 Å². The number of benzene rings is 2. The lowest BCUT2D eigenvalue weighted by Gasteiger charge is -2.38. The maximum atomic E-state index is 13.4. The van der Waals surface area contributed by atoms with E-state index in [9.17, 15) is 9.18 Å². The number of rotatable bonds is 5. The number of hydrogen-bond donors (Lipinski definition) is 1. The van der Waals surface area contributed by atoms with Gasteiger partial charge in [-0.05, 0) is 36.1 Å². The van der Waals surface area contributed by atoms with Crippen LogP contribution in [-0.4, -0.2) is 42.9 Å². The van der Waals surface area contributed by atoms with E-state index in [1.165, 1.54) is 12.1 Å². The first-order valence-electron chi connectivity index (χ1n) is 9.68. The van der Waals surface area contributed by atoms with Crippen molar-refractivity contribution in [1.82, 2.24) is 10.3 Å². The SMILES string of the molecule is O=C(CNC1(c2ccc(F)cc2)CCOCC1)N1CCC(c2ccccc2)=N1. The summed E-state index contributed by atoms with van der Waals surface area (Å²) in [5.74, 6) is -0.319. The van der Waals surface area contributed by atoms with Crippen molar-refractivity contribution < 1.29 is 13.9 Å². The number of halogens is 1. The summed E-state index contributed by atoms with van der Waals surface area (Å²) in [6.07, 6.45) is 2.24. The molecule has 28 heavy (non-hydrogen) atoms. The molecular formula is C22H24FN3O2. The van der Waals surface area contributed by atoms with Gasteiger partial charge in [-0.1, -0.05) is 42.5 Å². The van der Waals surface area contributed by atoms with Gasteiger partial charge in [0.05, 0.1) is 18.8 Å². The third-order valence-corrected chi connectivity index (χ3v) is 5.52. The molecule has 5 nitrogen and oxygen atoms in total. The van der Waals surface area contributed by atoms with E-state index in [2.05, 4.69) is 10.4 Å². The van der Waals surface area contributed by atoms with Crippen LogP contribution in [0.5, 0.6) is 0 Å². The van der Waals surface area contributed by atoms with Crippen LogP contribution in [-0.2, 0) is 15.1 Å². The number of amides is 1. The number of hydrogen-bond acceptors (Lipinski definition) is 4. The van der Waals surface area contributed by atoms with Crippen molar-refractivity contribution in [2.45, 2.75) is 24.8 Å².